The molecule has 4 nitrogen and oxygen atoms in total. The highest BCUT2D eigenvalue weighted by Crippen LogP contribution is 2.33. The number of carbonyl (C=O) groups excluding carboxylic acids is 1. The van der Waals surface area contributed by atoms with Gasteiger partial charge in [-0.2, -0.15) is 0 Å². The molecular weight excluding hydrogens is 300 g/mol. The largest absolute Gasteiger partial charge is 0.497 e. The van der Waals surface area contributed by atoms with E-state index in [-0.39, 0.29) is 0 Å². The van der Waals surface area contributed by atoms with Crippen molar-refractivity contribution in [3.63, 3.8) is 0 Å². The highest BCUT2D eigenvalue weighted by molar-refractivity contribution is 7.98. The van der Waals surface area contributed by atoms with Crippen LogP contribution < -0.4 is 9.47 Å². The average Bonchev–Trinajstić information content (AvgIpc) is 2.59. The van der Waals surface area contributed by atoms with Gasteiger partial charge in [-0.1, -0.05) is 18.2 Å². The summed E-state index contributed by atoms with van der Waals surface area (Å²) in [5.74, 6) is 1.30. The second-order valence-corrected chi connectivity index (χ2v) is 5.51. The molecular formula is C17H18O4S. The fraction of sp³-hybridized carbons (Fsp3) is 0.235. The van der Waals surface area contributed by atoms with Crippen LogP contribution in [0.4, 0.5) is 0 Å². The van der Waals surface area contributed by atoms with E-state index in [2.05, 4.69) is 0 Å². The number of rotatable bonds is 6. The molecule has 0 saturated carbocycles. The van der Waals surface area contributed by atoms with Crippen LogP contribution in [-0.2, 0) is 10.5 Å². The molecule has 0 aromatic heterocycles. The summed E-state index contributed by atoms with van der Waals surface area (Å²) >= 11 is 1.64. The van der Waals surface area contributed by atoms with Crippen LogP contribution in [0.3, 0.4) is 0 Å². The van der Waals surface area contributed by atoms with Gasteiger partial charge in [-0.15, -0.1) is 11.8 Å². The van der Waals surface area contributed by atoms with Crippen molar-refractivity contribution in [1.82, 2.24) is 0 Å². The van der Waals surface area contributed by atoms with E-state index in [9.17, 15) is 4.79 Å². The van der Waals surface area contributed by atoms with E-state index in [0.29, 0.717) is 22.8 Å². The van der Waals surface area contributed by atoms with Gasteiger partial charge in [0.05, 0.1) is 21.3 Å². The van der Waals surface area contributed by atoms with Gasteiger partial charge in [0.1, 0.15) is 17.1 Å². The molecule has 0 aliphatic heterocycles. The first kappa shape index (κ1) is 16.2. The molecule has 0 bridgehead atoms. The second kappa shape index (κ2) is 7.75. The lowest BCUT2D eigenvalue weighted by Crippen LogP contribution is -2.08. The van der Waals surface area contributed by atoms with Gasteiger partial charge in [0, 0.05) is 16.7 Å². The van der Waals surface area contributed by atoms with Crippen molar-refractivity contribution in [3.05, 3.63) is 53.6 Å². The minimum Gasteiger partial charge on any atom is -0.497 e. The predicted octanol–water partition coefficient (Wildman–Crippen LogP) is 3.78. The highest BCUT2D eigenvalue weighted by atomic mass is 32.2. The zero-order valence-corrected chi connectivity index (χ0v) is 13.6. The third-order valence-corrected chi connectivity index (χ3v) is 4.20. The van der Waals surface area contributed by atoms with Crippen LogP contribution >= 0.6 is 11.8 Å². The van der Waals surface area contributed by atoms with Gasteiger partial charge in [0.15, 0.2) is 0 Å². The molecule has 0 saturated heterocycles. The van der Waals surface area contributed by atoms with Crippen LogP contribution in [-0.4, -0.2) is 27.3 Å². The Hall–Kier alpha value is -2.14. The third-order valence-electron chi connectivity index (χ3n) is 3.14. The maximum absolute atomic E-state index is 12.1. The number of benzene rings is 2. The Bertz CT molecular complexity index is 641. The molecule has 0 radical (unpaired) electrons. The van der Waals surface area contributed by atoms with Crippen LogP contribution in [0.2, 0.25) is 0 Å². The number of ether oxygens (including phenoxy) is 3. The molecule has 22 heavy (non-hydrogen) atoms. The lowest BCUT2D eigenvalue weighted by atomic mass is 10.1. The lowest BCUT2D eigenvalue weighted by Gasteiger charge is -2.14. The molecule has 0 fully saturated rings. The predicted molar refractivity (Wildman–Crippen MR) is 86.9 cm³/mol. The number of thioether (sulfide) groups is 1. The molecule has 0 aliphatic rings. The molecule has 0 unspecified atom stereocenters. The molecule has 0 spiro atoms. The molecule has 0 heterocycles. The Labute approximate surface area is 134 Å². The van der Waals surface area contributed by atoms with E-state index in [4.69, 9.17) is 14.2 Å². The first-order chi connectivity index (χ1) is 10.7. The van der Waals surface area contributed by atoms with Gasteiger partial charge in [0.25, 0.3) is 0 Å². The van der Waals surface area contributed by atoms with Crippen molar-refractivity contribution >= 4 is 17.7 Å². The van der Waals surface area contributed by atoms with Crippen molar-refractivity contribution < 1.29 is 19.0 Å². The Kier molecular flexibility index (Phi) is 5.72. The summed E-state index contributed by atoms with van der Waals surface area (Å²) in [7, 11) is 4.47. The Morgan fingerprint density at radius 1 is 1.05 bits per heavy atom. The molecule has 0 amide bonds. The van der Waals surface area contributed by atoms with Gasteiger partial charge in [-0.25, -0.2) is 4.79 Å². The zero-order valence-electron chi connectivity index (χ0n) is 12.8. The van der Waals surface area contributed by atoms with Crippen LogP contribution in [0.5, 0.6) is 11.5 Å². The zero-order chi connectivity index (χ0) is 15.9. The fourth-order valence-electron chi connectivity index (χ4n) is 2.05. The van der Waals surface area contributed by atoms with Gasteiger partial charge < -0.3 is 14.2 Å². The fourth-order valence-corrected chi connectivity index (χ4v) is 2.95. The van der Waals surface area contributed by atoms with E-state index >= 15 is 0 Å². The van der Waals surface area contributed by atoms with Crippen LogP contribution in [0.1, 0.15) is 15.9 Å². The lowest BCUT2D eigenvalue weighted by molar-refractivity contribution is 0.0596. The molecule has 2 rings (SSSR count). The number of hydrogen-bond acceptors (Lipinski definition) is 5. The SMILES string of the molecule is COC(=O)c1c(CSc2ccccc2)cc(OC)cc1OC. The summed E-state index contributed by atoms with van der Waals surface area (Å²) in [6, 6.07) is 13.5. The van der Waals surface area contributed by atoms with Gasteiger partial charge in [-0.3, -0.25) is 0 Å². The summed E-state index contributed by atoms with van der Waals surface area (Å²) in [6.07, 6.45) is 0. The average molecular weight is 318 g/mol. The van der Waals surface area contributed by atoms with E-state index in [0.717, 1.165) is 10.5 Å². The van der Waals surface area contributed by atoms with Crippen LogP contribution in [0.25, 0.3) is 0 Å². The summed E-state index contributed by atoms with van der Waals surface area (Å²) in [5.41, 5.74) is 1.26. The smallest absolute Gasteiger partial charge is 0.341 e. The minimum absolute atomic E-state index is 0.414. The summed E-state index contributed by atoms with van der Waals surface area (Å²) < 4.78 is 15.5. The maximum atomic E-state index is 12.1. The van der Waals surface area contributed by atoms with Crippen molar-refractivity contribution in [2.24, 2.45) is 0 Å². The standard InChI is InChI=1S/C17H18O4S/c1-19-13-9-12(11-22-14-7-5-4-6-8-14)16(17(18)21-3)15(10-13)20-2/h4-10H,11H2,1-3H3. The molecule has 2 aromatic rings. The Morgan fingerprint density at radius 3 is 2.36 bits per heavy atom. The molecule has 0 N–H and O–H groups in total. The topological polar surface area (TPSA) is 44.8 Å². The van der Waals surface area contributed by atoms with E-state index in [1.165, 1.54) is 14.2 Å². The number of methoxy groups -OCH3 is 3. The van der Waals surface area contributed by atoms with Gasteiger partial charge in [-0.05, 0) is 23.8 Å². The quantitative estimate of drug-likeness (QED) is 0.599. The molecule has 0 atom stereocenters. The van der Waals surface area contributed by atoms with Crippen molar-refractivity contribution in [3.8, 4) is 11.5 Å². The maximum Gasteiger partial charge on any atom is 0.341 e. The van der Waals surface area contributed by atoms with Crippen molar-refractivity contribution in [2.75, 3.05) is 21.3 Å². The van der Waals surface area contributed by atoms with E-state index < -0.39 is 5.97 Å². The van der Waals surface area contributed by atoms with E-state index in [1.54, 1.807) is 24.9 Å². The molecule has 116 valence electrons. The number of carbonyl (C=O) groups is 1. The molecule has 2 aromatic carbocycles. The Morgan fingerprint density at radius 2 is 1.77 bits per heavy atom. The number of esters is 1. The van der Waals surface area contributed by atoms with Gasteiger partial charge in [0.2, 0.25) is 0 Å². The van der Waals surface area contributed by atoms with Crippen molar-refractivity contribution in [2.45, 2.75) is 10.6 Å². The monoisotopic (exact) mass is 318 g/mol. The normalized spacial score (nSPS) is 10.1. The summed E-state index contributed by atoms with van der Waals surface area (Å²) in [4.78, 5) is 13.2. The molecule has 0 aliphatic carbocycles. The summed E-state index contributed by atoms with van der Waals surface area (Å²) in [5, 5.41) is 0. The molecule has 5 heteroatoms. The minimum atomic E-state index is -0.414. The van der Waals surface area contributed by atoms with Gasteiger partial charge >= 0.3 is 5.97 Å². The van der Waals surface area contributed by atoms with E-state index in [1.807, 2.05) is 36.4 Å². The first-order valence-electron chi connectivity index (χ1n) is 6.70. The van der Waals surface area contributed by atoms with Crippen LogP contribution in [0.15, 0.2) is 47.4 Å². The highest BCUT2D eigenvalue weighted by Gasteiger charge is 2.20. The second-order valence-electron chi connectivity index (χ2n) is 4.46. The number of hydrogen-bond donors (Lipinski definition) is 0. The van der Waals surface area contributed by atoms with Crippen molar-refractivity contribution in [1.29, 1.82) is 0 Å². The summed E-state index contributed by atoms with van der Waals surface area (Å²) in [6.45, 7) is 0. The van der Waals surface area contributed by atoms with Crippen LogP contribution in [0, 0.1) is 0 Å². The Balaban J connectivity index is 2.36. The first-order valence-corrected chi connectivity index (χ1v) is 7.69. The third kappa shape index (κ3) is 3.74.